The van der Waals surface area contributed by atoms with Crippen LogP contribution in [0.3, 0.4) is 0 Å². The molecule has 0 aromatic heterocycles. The highest BCUT2D eigenvalue weighted by Gasteiger charge is 2.23. The topological polar surface area (TPSA) is 114 Å². The Kier molecular flexibility index (Phi) is 9.27. The first-order valence-corrected chi connectivity index (χ1v) is 11.1. The number of anilines is 3. The molecule has 3 N–H and O–H groups in total. The van der Waals surface area contributed by atoms with Crippen molar-refractivity contribution in [1.82, 2.24) is 0 Å². The van der Waals surface area contributed by atoms with Gasteiger partial charge < -0.3 is 20.7 Å². The molecule has 0 spiro atoms. The molecule has 0 unspecified atom stereocenters. The molecule has 0 bridgehead atoms. The van der Waals surface area contributed by atoms with Gasteiger partial charge in [-0.1, -0.05) is 17.7 Å². The number of carbonyl (C=O) groups is 4. The van der Waals surface area contributed by atoms with Crippen molar-refractivity contribution in [1.29, 1.82) is 0 Å². The molecule has 2 aromatic carbocycles. The summed E-state index contributed by atoms with van der Waals surface area (Å²) in [6.45, 7) is 6.46. The van der Waals surface area contributed by atoms with Gasteiger partial charge in [0.2, 0.25) is 11.8 Å². The Bertz CT molecular complexity index is 961. The lowest BCUT2D eigenvalue weighted by Crippen LogP contribution is -2.33. The molecule has 0 aliphatic carbocycles. The molecule has 2 rings (SSSR count). The molecule has 0 fully saturated rings. The normalized spacial score (nSPS) is 12.2. The number of carbonyl (C=O) groups excluding carboxylic acids is 4. The minimum absolute atomic E-state index is 0.0748. The highest BCUT2D eigenvalue weighted by molar-refractivity contribution is 8.01. The minimum atomic E-state index is -1.01. The number of benzene rings is 2. The van der Waals surface area contributed by atoms with Crippen molar-refractivity contribution in [2.24, 2.45) is 0 Å². The van der Waals surface area contributed by atoms with E-state index in [1.165, 1.54) is 13.8 Å². The predicted molar refractivity (Wildman–Crippen MR) is 127 cm³/mol. The first kappa shape index (κ1) is 24.9. The zero-order valence-electron chi connectivity index (χ0n) is 18.4. The van der Waals surface area contributed by atoms with Crippen LogP contribution in [0.2, 0.25) is 0 Å². The van der Waals surface area contributed by atoms with E-state index in [0.717, 1.165) is 17.3 Å². The number of hydrogen-bond donors (Lipinski definition) is 3. The van der Waals surface area contributed by atoms with E-state index in [1.807, 2.05) is 31.2 Å². The molecule has 170 valence electrons. The Labute approximate surface area is 191 Å². The van der Waals surface area contributed by atoms with Gasteiger partial charge in [-0.05, 0) is 57.2 Å². The maximum atomic E-state index is 12.3. The molecule has 9 heteroatoms. The van der Waals surface area contributed by atoms with E-state index in [1.54, 1.807) is 31.2 Å². The van der Waals surface area contributed by atoms with Crippen molar-refractivity contribution < 1.29 is 23.9 Å². The lowest BCUT2D eigenvalue weighted by molar-refractivity contribution is -0.152. The van der Waals surface area contributed by atoms with Gasteiger partial charge in [0.15, 0.2) is 6.10 Å². The van der Waals surface area contributed by atoms with E-state index in [2.05, 4.69) is 16.0 Å². The summed E-state index contributed by atoms with van der Waals surface area (Å²) in [7, 11) is 0. The van der Waals surface area contributed by atoms with Gasteiger partial charge in [0.25, 0.3) is 5.91 Å². The molecule has 0 aliphatic rings. The predicted octanol–water partition coefficient (Wildman–Crippen LogP) is 3.58. The van der Waals surface area contributed by atoms with E-state index in [9.17, 15) is 19.2 Å². The molecule has 0 heterocycles. The minimum Gasteiger partial charge on any atom is -0.452 e. The molecular weight excluding hydrogens is 430 g/mol. The number of thioether (sulfide) groups is 1. The van der Waals surface area contributed by atoms with E-state index in [4.69, 9.17) is 4.74 Å². The van der Waals surface area contributed by atoms with Crippen molar-refractivity contribution in [2.75, 3.05) is 21.7 Å². The van der Waals surface area contributed by atoms with E-state index >= 15 is 0 Å². The highest BCUT2D eigenvalue weighted by atomic mass is 32.2. The quantitative estimate of drug-likeness (QED) is 0.496. The van der Waals surface area contributed by atoms with Crippen molar-refractivity contribution in [3.63, 3.8) is 0 Å². The standard InChI is InChI=1S/C23H27N3O5S/c1-14-5-7-19(8-6-14)25-21(28)13-32-16(3)23(30)31-15(2)22(29)26-20-11-9-18(10-12-20)24-17(4)27/h5-12,15-16H,13H2,1-4H3,(H,24,27)(H,25,28)(H,26,29)/t15-,16+/m1/s1. The summed E-state index contributed by atoms with van der Waals surface area (Å²) in [5.74, 6) is -1.42. The average molecular weight is 458 g/mol. The van der Waals surface area contributed by atoms with Crippen LogP contribution in [0.4, 0.5) is 17.1 Å². The van der Waals surface area contributed by atoms with Gasteiger partial charge >= 0.3 is 5.97 Å². The highest BCUT2D eigenvalue weighted by Crippen LogP contribution is 2.17. The van der Waals surface area contributed by atoms with Crippen molar-refractivity contribution in [3.05, 3.63) is 54.1 Å². The number of hydrogen-bond acceptors (Lipinski definition) is 6. The lowest BCUT2D eigenvalue weighted by atomic mass is 10.2. The molecule has 32 heavy (non-hydrogen) atoms. The van der Waals surface area contributed by atoms with Crippen LogP contribution in [-0.4, -0.2) is 40.8 Å². The second-order valence-electron chi connectivity index (χ2n) is 7.19. The number of amides is 3. The van der Waals surface area contributed by atoms with Crippen LogP contribution in [-0.2, 0) is 23.9 Å². The van der Waals surface area contributed by atoms with Crippen molar-refractivity contribution in [2.45, 2.75) is 39.0 Å². The molecule has 2 aromatic rings. The van der Waals surface area contributed by atoms with Gasteiger partial charge in [0, 0.05) is 24.0 Å². The molecule has 2 atom stereocenters. The Morgan fingerprint density at radius 2 is 1.34 bits per heavy atom. The van der Waals surface area contributed by atoms with Gasteiger partial charge in [-0.3, -0.25) is 19.2 Å². The summed E-state index contributed by atoms with van der Waals surface area (Å²) in [4.78, 5) is 47.7. The van der Waals surface area contributed by atoms with E-state index in [-0.39, 0.29) is 17.6 Å². The lowest BCUT2D eigenvalue weighted by Gasteiger charge is -2.16. The fourth-order valence-electron chi connectivity index (χ4n) is 2.51. The maximum Gasteiger partial charge on any atom is 0.319 e. The molecule has 8 nitrogen and oxygen atoms in total. The van der Waals surface area contributed by atoms with Gasteiger partial charge in [-0.25, -0.2) is 0 Å². The molecule has 0 aliphatic heterocycles. The van der Waals surface area contributed by atoms with Gasteiger partial charge in [-0.2, -0.15) is 0 Å². The largest absolute Gasteiger partial charge is 0.452 e. The van der Waals surface area contributed by atoms with Crippen molar-refractivity contribution in [3.8, 4) is 0 Å². The van der Waals surface area contributed by atoms with Crippen LogP contribution < -0.4 is 16.0 Å². The summed E-state index contributed by atoms with van der Waals surface area (Å²) in [5, 5.41) is 7.42. The Balaban J connectivity index is 1.76. The second-order valence-corrected chi connectivity index (χ2v) is 8.52. The van der Waals surface area contributed by atoms with Gasteiger partial charge in [0.1, 0.15) is 5.25 Å². The van der Waals surface area contributed by atoms with E-state index in [0.29, 0.717) is 17.1 Å². The number of rotatable bonds is 9. The average Bonchev–Trinajstić information content (AvgIpc) is 2.74. The molecule has 0 saturated carbocycles. The van der Waals surface area contributed by atoms with Crippen LogP contribution in [0.25, 0.3) is 0 Å². The Morgan fingerprint density at radius 3 is 1.91 bits per heavy atom. The summed E-state index contributed by atoms with van der Waals surface area (Å²) in [5.41, 5.74) is 2.88. The summed E-state index contributed by atoms with van der Waals surface area (Å²) in [6, 6.07) is 14.0. The first-order chi connectivity index (χ1) is 15.1. The molecule has 3 amide bonds. The maximum absolute atomic E-state index is 12.3. The number of nitrogens with one attached hydrogen (secondary N) is 3. The summed E-state index contributed by atoms with van der Waals surface area (Å²) >= 11 is 1.13. The fraction of sp³-hybridized carbons (Fsp3) is 0.304. The fourth-order valence-corrected chi connectivity index (χ4v) is 3.18. The third-order valence-corrected chi connectivity index (χ3v) is 5.39. The third kappa shape index (κ3) is 8.43. The Morgan fingerprint density at radius 1 is 0.844 bits per heavy atom. The van der Waals surface area contributed by atoms with E-state index < -0.39 is 23.2 Å². The van der Waals surface area contributed by atoms with Gasteiger partial charge in [-0.15, -0.1) is 11.8 Å². The number of aryl methyl sites for hydroxylation is 1. The molecule has 0 radical (unpaired) electrons. The van der Waals surface area contributed by atoms with Gasteiger partial charge in [0.05, 0.1) is 5.75 Å². The zero-order chi connectivity index (χ0) is 23.7. The van der Waals surface area contributed by atoms with Crippen LogP contribution in [0.15, 0.2) is 48.5 Å². The SMILES string of the molecule is CC(=O)Nc1ccc(NC(=O)[C@@H](C)OC(=O)[C@H](C)SCC(=O)Nc2ccc(C)cc2)cc1. The van der Waals surface area contributed by atoms with Crippen LogP contribution in [0.1, 0.15) is 26.3 Å². The van der Waals surface area contributed by atoms with Crippen molar-refractivity contribution >= 4 is 52.5 Å². The molecular formula is C23H27N3O5S. The Hall–Kier alpha value is -3.33. The van der Waals surface area contributed by atoms with Crippen LogP contribution in [0, 0.1) is 6.92 Å². The zero-order valence-corrected chi connectivity index (χ0v) is 19.2. The summed E-state index contributed by atoms with van der Waals surface area (Å²) in [6.07, 6.45) is -1.01. The number of ether oxygens (including phenoxy) is 1. The first-order valence-electron chi connectivity index (χ1n) is 10.0. The van der Waals surface area contributed by atoms with Crippen LogP contribution >= 0.6 is 11.8 Å². The number of esters is 1. The second kappa shape index (κ2) is 11.9. The van der Waals surface area contributed by atoms with Crippen LogP contribution in [0.5, 0.6) is 0 Å². The third-order valence-electron chi connectivity index (χ3n) is 4.27. The summed E-state index contributed by atoms with van der Waals surface area (Å²) < 4.78 is 5.23. The smallest absolute Gasteiger partial charge is 0.319 e. The monoisotopic (exact) mass is 457 g/mol. The molecule has 0 saturated heterocycles.